The van der Waals surface area contributed by atoms with Crippen LogP contribution in [0.5, 0.6) is 0 Å². The molecule has 0 saturated carbocycles. The third kappa shape index (κ3) is 2.55. The molecule has 7 nitrogen and oxygen atoms in total. The van der Waals surface area contributed by atoms with E-state index in [2.05, 4.69) is 9.97 Å². The predicted octanol–water partition coefficient (Wildman–Crippen LogP) is -0.636. The van der Waals surface area contributed by atoms with Gasteiger partial charge in [0.1, 0.15) is 5.82 Å². The van der Waals surface area contributed by atoms with Crippen LogP contribution < -0.4 is 16.1 Å². The lowest BCUT2D eigenvalue weighted by molar-refractivity contribution is -0.142. The molecule has 1 aromatic rings. The average molecular weight is 239 g/mol. The van der Waals surface area contributed by atoms with Gasteiger partial charge < -0.3 is 10.0 Å². The maximum Gasteiger partial charge on any atom is 0.327 e. The van der Waals surface area contributed by atoms with Crippen LogP contribution in [0.4, 0.5) is 5.82 Å². The molecule has 2 rings (SSSR count). The Kier molecular flexibility index (Phi) is 2.99. The normalized spacial score (nSPS) is 17.1. The number of aromatic amines is 2. The van der Waals surface area contributed by atoms with Crippen LogP contribution in [0.2, 0.25) is 0 Å². The van der Waals surface area contributed by atoms with Gasteiger partial charge in [0.2, 0.25) is 0 Å². The maximum atomic E-state index is 11.1. The predicted molar refractivity (Wildman–Crippen MR) is 60.3 cm³/mol. The molecule has 0 amide bonds. The van der Waals surface area contributed by atoms with Crippen LogP contribution in [0.1, 0.15) is 12.8 Å². The Morgan fingerprint density at radius 3 is 2.47 bits per heavy atom. The van der Waals surface area contributed by atoms with Crippen molar-refractivity contribution in [1.82, 2.24) is 9.97 Å². The van der Waals surface area contributed by atoms with Gasteiger partial charge in [0.25, 0.3) is 5.56 Å². The highest BCUT2D eigenvalue weighted by Gasteiger charge is 2.24. The number of hydrogen-bond acceptors (Lipinski definition) is 4. The van der Waals surface area contributed by atoms with Gasteiger partial charge in [-0.1, -0.05) is 0 Å². The Hall–Kier alpha value is -2.05. The molecule has 1 fully saturated rings. The summed E-state index contributed by atoms with van der Waals surface area (Å²) in [6, 6.07) is 1.31. The molecule has 0 aliphatic carbocycles. The van der Waals surface area contributed by atoms with Crippen LogP contribution in [0.3, 0.4) is 0 Å². The zero-order valence-electron chi connectivity index (χ0n) is 9.10. The summed E-state index contributed by atoms with van der Waals surface area (Å²) in [6.45, 7) is 1.05. The summed E-state index contributed by atoms with van der Waals surface area (Å²) in [5.74, 6) is -0.674. The molecular weight excluding hydrogens is 226 g/mol. The minimum Gasteiger partial charge on any atom is -0.481 e. The lowest BCUT2D eigenvalue weighted by Crippen LogP contribution is -2.38. The molecule has 3 N–H and O–H groups in total. The number of hydrogen-bond donors (Lipinski definition) is 3. The maximum absolute atomic E-state index is 11.1. The lowest BCUT2D eigenvalue weighted by atomic mass is 9.97. The van der Waals surface area contributed by atoms with Gasteiger partial charge in [-0.2, -0.15) is 0 Å². The smallest absolute Gasteiger partial charge is 0.327 e. The Labute approximate surface area is 96.1 Å². The highest BCUT2D eigenvalue weighted by atomic mass is 16.4. The van der Waals surface area contributed by atoms with Crippen molar-refractivity contribution in [3.63, 3.8) is 0 Å². The number of carboxylic acids is 1. The van der Waals surface area contributed by atoms with E-state index < -0.39 is 17.2 Å². The van der Waals surface area contributed by atoms with Gasteiger partial charge in [-0.3, -0.25) is 19.6 Å². The fraction of sp³-hybridized carbons (Fsp3) is 0.500. The number of aromatic nitrogens is 2. The van der Waals surface area contributed by atoms with Crippen molar-refractivity contribution in [2.24, 2.45) is 5.92 Å². The molecule has 1 aromatic heterocycles. The first kappa shape index (κ1) is 11.4. The van der Waals surface area contributed by atoms with Crippen molar-refractivity contribution in [3.8, 4) is 0 Å². The molecule has 92 valence electrons. The second-order valence-corrected chi connectivity index (χ2v) is 4.07. The molecule has 0 radical (unpaired) electrons. The molecule has 7 heteroatoms. The Balaban J connectivity index is 2.13. The first-order valence-corrected chi connectivity index (χ1v) is 5.37. The van der Waals surface area contributed by atoms with E-state index in [1.165, 1.54) is 6.07 Å². The van der Waals surface area contributed by atoms with Crippen molar-refractivity contribution in [2.45, 2.75) is 12.8 Å². The van der Waals surface area contributed by atoms with Crippen LogP contribution in [-0.2, 0) is 4.79 Å². The van der Waals surface area contributed by atoms with Crippen LogP contribution in [0.25, 0.3) is 0 Å². The monoisotopic (exact) mass is 239 g/mol. The van der Waals surface area contributed by atoms with Crippen molar-refractivity contribution in [3.05, 3.63) is 26.9 Å². The van der Waals surface area contributed by atoms with Crippen molar-refractivity contribution in [2.75, 3.05) is 18.0 Å². The Bertz CT molecular complexity index is 497. The molecule has 17 heavy (non-hydrogen) atoms. The van der Waals surface area contributed by atoms with E-state index >= 15 is 0 Å². The second kappa shape index (κ2) is 4.44. The number of rotatable bonds is 2. The number of H-pyrrole nitrogens is 2. The number of carbonyl (C=O) groups is 1. The van der Waals surface area contributed by atoms with Crippen molar-refractivity contribution < 1.29 is 9.90 Å². The van der Waals surface area contributed by atoms with E-state index in [1.54, 1.807) is 0 Å². The lowest BCUT2D eigenvalue weighted by Gasteiger charge is -2.31. The zero-order valence-corrected chi connectivity index (χ0v) is 9.10. The van der Waals surface area contributed by atoms with Crippen molar-refractivity contribution in [1.29, 1.82) is 0 Å². The van der Waals surface area contributed by atoms with Crippen molar-refractivity contribution >= 4 is 11.8 Å². The van der Waals surface area contributed by atoms with Crippen LogP contribution in [0.15, 0.2) is 15.7 Å². The van der Waals surface area contributed by atoms with E-state index in [0.717, 1.165) is 0 Å². The Morgan fingerprint density at radius 1 is 1.29 bits per heavy atom. The number of nitrogens with one attached hydrogen (secondary N) is 2. The minimum absolute atomic E-state index is 0.333. The fourth-order valence-corrected chi connectivity index (χ4v) is 1.99. The molecular formula is C10H13N3O4. The van der Waals surface area contributed by atoms with Gasteiger partial charge in [-0.15, -0.1) is 0 Å². The topological polar surface area (TPSA) is 106 Å². The average Bonchev–Trinajstić information content (AvgIpc) is 2.28. The van der Waals surface area contributed by atoms with E-state index in [-0.39, 0.29) is 5.92 Å². The SMILES string of the molecule is O=C(O)C1CCN(c2cc(=O)[nH]c(=O)[nH]2)CC1. The zero-order chi connectivity index (χ0) is 12.4. The number of anilines is 1. The molecule has 0 spiro atoms. The van der Waals surface area contributed by atoms with Gasteiger partial charge in [-0.05, 0) is 12.8 Å². The first-order valence-electron chi connectivity index (χ1n) is 5.37. The standard InChI is InChI=1S/C10H13N3O4/c14-8-5-7(11-10(17)12-8)13-3-1-6(2-4-13)9(15)16/h5-6H,1-4H2,(H,15,16)(H2,11,12,14,17). The quantitative estimate of drug-likeness (QED) is 0.636. The van der Waals surface area contributed by atoms with E-state index in [9.17, 15) is 14.4 Å². The van der Waals surface area contributed by atoms with Gasteiger partial charge in [0.15, 0.2) is 0 Å². The number of piperidine rings is 1. The summed E-state index contributed by atoms with van der Waals surface area (Å²) in [4.78, 5) is 39.4. The molecule has 0 unspecified atom stereocenters. The fourth-order valence-electron chi connectivity index (χ4n) is 1.99. The molecule has 1 aliphatic rings. The first-order chi connectivity index (χ1) is 8.06. The van der Waals surface area contributed by atoms with Gasteiger partial charge in [0, 0.05) is 19.2 Å². The minimum atomic E-state index is -0.788. The molecule has 0 atom stereocenters. The van der Waals surface area contributed by atoms with E-state index in [0.29, 0.717) is 31.7 Å². The summed E-state index contributed by atoms with van der Waals surface area (Å²) < 4.78 is 0. The van der Waals surface area contributed by atoms with Crippen LogP contribution in [-0.4, -0.2) is 34.1 Å². The van der Waals surface area contributed by atoms with E-state index in [1.807, 2.05) is 4.90 Å². The molecule has 0 aromatic carbocycles. The summed E-state index contributed by atoms with van der Waals surface area (Å²) in [6.07, 6.45) is 1.04. The van der Waals surface area contributed by atoms with Crippen LogP contribution in [0, 0.1) is 5.92 Å². The summed E-state index contributed by atoms with van der Waals surface area (Å²) in [5, 5.41) is 8.85. The van der Waals surface area contributed by atoms with Gasteiger partial charge >= 0.3 is 11.7 Å². The van der Waals surface area contributed by atoms with E-state index in [4.69, 9.17) is 5.11 Å². The van der Waals surface area contributed by atoms with Crippen LogP contribution >= 0.6 is 0 Å². The summed E-state index contributed by atoms with van der Waals surface area (Å²) >= 11 is 0. The highest BCUT2D eigenvalue weighted by Crippen LogP contribution is 2.20. The Morgan fingerprint density at radius 2 is 1.94 bits per heavy atom. The largest absolute Gasteiger partial charge is 0.481 e. The number of nitrogens with zero attached hydrogens (tertiary/aromatic N) is 1. The molecule has 2 heterocycles. The third-order valence-corrected chi connectivity index (χ3v) is 2.93. The summed E-state index contributed by atoms with van der Waals surface area (Å²) in [7, 11) is 0. The number of aliphatic carboxylic acids is 1. The summed E-state index contributed by atoms with van der Waals surface area (Å²) in [5.41, 5.74) is -1.00. The number of carboxylic acid groups (broad SMARTS) is 1. The molecule has 1 aliphatic heterocycles. The third-order valence-electron chi connectivity index (χ3n) is 2.93. The molecule has 1 saturated heterocycles. The highest BCUT2D eigenvalue weighted by molar-refractivity contribution is 5.70. The molecule has 0 bridgehead atoms. The second-order valence-electron chi connectivity index (χ2n) is 4.07. The van der Waals surface area contributed by atoms with Gasteiger partial charge in [-0.25, -0.2) is 4.79 Å². The van der Waals surface area contributed by atoms with Gasteiger partial charge in [0.05, 0.1) is 5.92 Å².